The quantitative estimate of drug-likeness (QED) is 0.763. The Kier molecular flexibility index (Phi) is 3.73. The molecule has 0 saturated carbocycles. The Bertz CT molecular complexity index is 840. The largest absolute Gasteiger partial charge is 0.494 e. The van der Waals surface area contributed by atoms with Crippen LogP contribution < -0.4 is 4.74 Å². The number of ether oxygens (including phenoxy) is 1. The number of carboxylic acid groups (broad SMARTS) is 1. The summed E-state index contributed by atoms with van der Waals surface area (Å²) in [5, 5.41) is 16.7. The average Bonchev–Trinajstić information content (AvgIpc) is 2.90. The maximum Gasteiger partial charge on any atom is 0.357 e. The molecule has 0 spiro atoms. The Hall–Kier alpha value is -2.53. The van der Waals surface area contributed by atoms with Gasteiger partial charge in [0.1, 0.15) is 5.75 Å². The fourth-order valence-corrected chi connectivity index (χ4v) is 2.59. The van der Waals surface area contributed by atoms with E-state index in [0.29, 0.717) is 22.5 Å². The van der Waals surface area contributed by atoms with Gasteiger partial charge in [0.2, 0.25) is 0 Å². The molecular formula is C16H13ClN2O3. The van der Waals surface area contributed by atoms with Crippen LogP contribution in [0.4, 0.5) is 0 Å². The highest BCUT2D eigenvalue weighted by Crippen LogP contribution is 2.33. The van der Waals surface area contributed by atoms with Crippen molar-refractivity contribution in [2.45, 2.75) is 6.92 Å². The third-order valence-electron chi connectivity index (χ3n) is 3.33. The molecule has 0 atom stereocenters. The van der Waals surface area contributed by atoms with E-state index in [1.165, 1.54) is 0 Å². The Morgan fingerprint density at radius 1 is 1.32 bits per heavy atom. The minimum Gasteiger partial charge on any atom is -0.494 e. The topological polar surface area (TPSA) is 75.2 Å². The number of H-pyrrole nitrogens is 1. The van der Waals surface area contributed by atoms with Gasteiger partial charge in [-0.1, -0.05) is 23.7 Å². The van der Waals surface area contributed by atoms with Crippen LogP contribution >= 0.6 is 11.6 Å². The molecule has 0 bridgehead atoms. The lowest BCUT2D eigenvalue weighted by Crippen LogP contribution is -1.96. The lowest BCUT2D eigenvalue weighted by molar-refractivity contribution is 0.0692. The van der Waals surface area contributed by atoms with Crippen LogP contribution in [0.3, 0.4) is 0 Å². The number of hydrogen-bond acceptors (Lipinski definition) is 3. The molecule has 1 aromatic heterocycles. The second-order valence-corrected chi connectivity index (χ2v) is 5.12. The van der Waals surface area contributed by atoms with Gasteiger partial charge >= 0.3 is 5.97 Å². The van der Waals surface area contributed by atoms with E-state index < -0.39 is 5.97 Å². The first-order valence-electron chi connectivity index (χ1n) is 6.74. The van der Waals surface area contributed by atoms with Gasteiger partial charge < -0.3 is 9.84 Å². The lowest BCUT2D eigenvalue weighted by atomic mass is 10.0. The molecule has 22 heavy (non-hydrogen) atoms. The Morgan fingerprint density at radius 2 is 2.05 bits per heavy atom. The zero-order valence-corrected chi connectivity index (χ0v) is 12.5. The molecule has 3 rings (SSSR count). The molecule has 0 unspecified atom stereocenters. The summed E-state index contributed by atoms with van der Waals surface area (Å²) in [5.74, 6) is -0.302. The summed E-state index contributed by atoms with van der Waals surface area (Å²) < 4.78 is 5.41. The number of hydrogen-bond donors (Lipinski definition) is 2. The maximum absolute atomic E-state index is 11.2. The van der Waals surface area contributed by atoms with Crippen molar-refractivity contribution < 1.29 is 14.6 Å². The minimum absolute atomic E-state index is 0.0150. The van der Waals surface area contributed by atoms with Gasteiger partial charge in [0.05, 0.1) is 17.1 Å². The number of carbonyl (C=O) groups is 1. The number of aromatic nitrogens is 2. The summed E-state index contributed by atoms with van der Waals surface area (Å²) in [6, 6.07) is 10.9. The maximum atomic E-state index is 11.2. The highest BCUT2D eigenvalue weighted by Gasteiger charge is 2.15. The van der Waals surface area contributed by atoms with E-state index in [2.05, 4.69) is 10.2 Å². The molecule has 6 heteroatoms. The monoisotopic (exact) mass is 316 g/mol. The lowest BCUT2D eigenvalue weighted by Gasteiger charge is -2.07. The first-order valence-corrected chi connectivity index (χ1v) is 7.12. The molecule has 0 amide bonds. The minimum atomic E-state index is -1.08. The number of fused-ring (bicyclic) bond motifs is 1. The summed E-state index contributed by atoms with van der Waals surface area (Å²) in [6.07, 6.45) is 0. The molecule has 0 fully saturated rings. The van der Waals surface area contributed by atoms with Crippen LogP contribution in [0.15, 0.2) is 36.4 Å². The molecule has 0 aliphatic carbocycles. The summed E-state index contributed by atoms with van der Waals surface area (Å²) in [5.41, 5.74) is 2.21. The molecule has 0 aliphatic rings. The van der Waals surface area contributed by atoms with E-state index in [1.807, 2.05) is 31.2 Å². The molecule has 2 aromatic carbocycles. The zero-order chi connectivity index (χ0) is 15.7. The normalized spacial score (nSPS) is 10.8. The van der Waals surface area contributed by atoms with Gasteiger partial charge in [0, 0.05) is 10.9 Å². The molecule has 0 radical (unpaired) electrons. The SMILES string of the molecule is CCOc1ccc(-c2cc3c(C(=O)O)n[nH]c3cc2Cl)cc1. The molecule has 5 nitrogen and oxygen atoms in total. The molecule has 1 heterocycles. The van der Waals surface area contributed by atoms with Gasteiger partial charge in [-0.2, -0.15) is 5.10 Å². The summed E-state index contributed by atoms with van der Waals surface area (Å²) >= 11 is 6.30. The second kappa shape index (κ2) is 5.69. The number of nitrogens with one attached hydrogen (secondary N) is 1. The van der Waals surface area contributed by atoms with Crippen LogP contribution in [0.5, 0.6) is 5.75 Å². The Labute approximate surface area is 131 Å². The number of aromatic carboxylic acids is 1. The number of halogens is 1. The molecule has 0 aliphatic heterocycles. The van der Waals surface area contributed by atoms with Crippen molar-refractivity contribution in [1.82, 2.24) is 10.2 Å². The summed E-state index contributed by atoms with van der Waals surface area (Å²) in [4.78, 5) is 11.2. The van der Waals surface area contributed by atoms with Gasteiger partial charge in [-0.3, -0.25) is 5.10 Å². The predicted octanol–water partition coefficient (Wildman–Crippen LogP) is 3.98. The Morgan fingerprint density at radius 3 is 2.68 bits per heavy atom. The van der Waals surface area contributed by atoms with E-state index in [0.717, 1.165) is 16.9 Å². The molecular weight excluding hydrogens is 304 g/mol. The van der Waals surface area contributed by atoms with Crippen molar-refractivity contribution in [3.8, 4) is 16.9 Å². The summed E-state index contributed by atoms with van der Waals surface area (Å²) in [7, 11) is 0. The van der Waals surface area contributed by atoms with Crippen molar-refractivity contribution in [1.29, 1.82) is 0 Å². The predicted molar refractivity (Wildman–Crippen MR) is 84.7 cm³/mol. The van der Waals surface area contributed by atoms with Crippen LogP contribution in [0.25, 0.3) is 22.0 Å². The Balaban J connectivity index is 2.11. The van der Waals surface area contributed by atoms with Gasteiger partial charge in [-0.05, 0) is 36.8 Å². The van der Waals surface area contributed by atoms with Crippen molar-refractivity contribution in [2.75, 3.05) is 6.61 Å². The third-order valence-corrected chi connectivity index (χ3v) is 3.64. The molecule has 112 valence electrons. The standard InChI is InChI=1S/C16H13ClN2O3/c1-2-22-10-5-3-9(4-6-10)11-7-12-14(8-13(11)17)18-19-15(12)16(20)21/h3-8H,2H2,1H3,(H,18,19)(H,20,21). The fraction of sp³-hybridized carbons (Fsp3) is 0.125. The van der Waals surface area contributed by atoms with Crippen LogP contribution in [0.2, 0.25) is 5.02 Å². The second-order valence-electron chi connectivity index (χ2n) is 4.71. The van der Waals surface area contributed by atoms with Crippen molar-refractivity contribution in [3.05, 3.63) is 47.1 Å². The van der Waals surface area contributed by atoms with Crippen molar-refractivity contribution in [2.24, 2.45) is 0 Å². The first kappa shape index (κ1) is 14.4. The van der Waals surface area contributed by atoms with Gasteiger partial charge in [0.25, 0.3) is 0 Å². The average molecular weight is 317 g/mol. The van der Waals surface area contributed by atoms with E-state index in [9.17, 15) is 4.79 Å². The molecule has 3 aromatic rings. The number of rotatable bonds is 4. The van der Waals surface area contributed by atoms with E-state index in [4.69, 9.17) is 21.4 Å². The van der Waals surface area contributed by atoms with Gasteiger partial charge in [0.15, 0.2) is 5.69 Å². The van der Waals surface area contributed by atoms with E-state index in [-0.39, 0.29) is 5.69 Å². The number of nitrogens with zero attached hydrogens (tertiary/aromatic N) is 1. The number of carboxylic acids is 1. The third kappa shape index (κ3) is 2.51. The van der Waals surface area contributed by atoms with Crippen LogP contribution in [0.1, 0.15) is 17.4 Å². The highest BCUT2D eigenvalue weighted by molar-refractivity contribution is 6.34. The van der Waals surface area contributed by atoms with Crippen molar-refractivity contribution in [3.63, 3.8) is 0 Å². The first-order chi connectivity index (χ1) is 10.6. The smallest absolute Gasteiger partial charge is 0.357 e. The van der Waals surface area contributed by atoms with Crippen molar-refractivity contribution >= 4 is 28.5 Å². The van der Waals surface area contributed by atoms with Gasteiger partial charge in [-0.25, -0.2) is 4.79 Å². The fourth-order valence-electron chi connectivity index (χ4n) is 2.32. The molecule has 0 saturated heterocycles. The zero-order valence-electron chi connectivity index (χ0n) is 11.8. The number of benzene rings is 2. The highest BCUT2D eigenvalue weighted by atomic mass is 35.5. The molecule has 2 N–H and O–H groups in total. The van der Waals surface area contributed by atoms with Gasteiger partial charge in [-0.15, -0.1) is 0 Å². The van der Waals surface area contributed by atoms with E-state index in [1.54, 1.807) is 12.1 Å². The van der Waals surface area contributed by atoms with Crippen LogP contribution in [-0.2, 0) is 0 Å². The number of aromatic amines is 1. The van der Waals surface area contributed by atoms with E-state index >= 15 is 0 Å². The van der Waals surface area contributed by atoms with Crippen LogP contribution in [0, 0.1) is 0 Å². The summed E-state index contributed by atoms with van der Waals surface area (Å²) in [6.45, 7) is 2.52. The van der Waals surface area contributed by atoms with Crippen LogP contribution in [-0.4, -0.2) is 27.9 Å².